The summed E-state index contributed by atoms with van der Waals surface area (Å²) >= 11 is 1.29. The van der Waals surface area contributed by atoms with Gasteiger partial charge in [-0.25, -0.2) is 4.39 Å². The first-order chi connectivity index (χ1) is 10.1. The molecule has 2 heterocycles. The Morgan fingerprint density at radius 1 is 1.57 bits per heavy atom. The molecular formula is C14H15FN4OS. The van der Waals surface area contributed by atoms with E-state index in [0.717, 1.165) is 24.1 Å². The lowest BCUT2D eigenvalue weighted by atomic mass is 9.93. The molecular weight excluding hydrogens is 291 g/mol. The number of halogens is 1. The first-order valence-electron chi connectivity index (χ1n) is 6.72. The van der Waals surface area contributed by atoms with Crippen molar-refractivity contribution < 1.29 is 9.18 Å². The Hall–Kier alpha value is -1.86. The highest BCUT2D eigenvalue weighted by Crippen LogP contribution is 2.29. The largest absolute Gasteiger partial charge is 0.299 e. The van der Waals surface area contributed by atoms with Crippen LogP contribution >= 0.6 is 11.3 Å². The van der Waals surface area contributed by atoms with Crippen molar-refractivity contribution in [2.75, 3.05) is 18.4 Å². The van der Waals surface area contributed by atoms with Gasteiger partial charge in [0.15, 0.2) is 0 Å². The smallest absolute Gasteiger partial charge is 0.240 e. The predicted octanol–water partition coefficient (Wildman–Crippen LogP) is 2.23. The number of carbonyl (C=O) groups is 1. The van der Waals surface area contributed by atoms with E-state index >= 15 is 0 Å². The van der Waals surface area contributed by atoms with E-state index in [9.17, 15) is 9.18 Å². The quantitative estimate of drug-likeness (QED) is 0.945. The second-order valence-electron chi connectivity index (χ2n) is 5.03. The standard InChI is InChI=1S/C14H15FN4OS/c1-9-12-3-2-11(15)6-10(12)4-5-19(9)7-13(20)17-14-18-16-8-21-14/h2-3,6,8-9H,4-5,7H2,1H3,(H,17,18,20)/t9-/m1/s1. The summed E-state index contributed by atoms with van der Waals surface area (Å²) in [6, 6.07) is 4.96. The fourth-order valence-corrected chi connectivity index (χ4v) is 3.10. The van der Waals surface area contributed by atoms with Crippen LogP contribution in [0.25, 0.3) is 0 Å². The summed E-state index contributed by atoms with van der Waals surface area (Å²) in [5.74, 6) is -0.312. The van der Waals surface area contributed by atoms with Crippen LogP contribution < -0.4 is 5.32 Å². The second-order valence-corrected chi connectivity index (χ2v) is 5.86. The lowest BCUT2D eigenvalue weighted by Gasteiger charge is -2.34. The topological polar surface area (TPSA) is 58.1 Å². The first kappa shape index (κ1) is 14.1. The van der Waals surface area contributed by atoms with Gasteiger partial charge in [0.05, 0.1) is 6.54 Å². The molecule has 1 amide bonds. The van der Waals surface area contributed by atoms with Crippen LogP contribution in [0.3, 0.4) is 0 Å². The number of carbonyl (C=O) groups excluding carboxylic acids is 1. The first-order valence-corrected chi connectivity index (χ1v) is 7.60. The molecule has 0 bridgehead atoms. The third-order valence-corrected chi connectivity index (χ3v) is 4.33. The summed E-state index contributed by atoms with van der Waals surface area (Å²) < 4.78 is 13.3. The zero-order valence-corrected chi connectivity index (χ0v) is 12.4. The van der Waals surface area contributed by atoms with Crippen LogP contribution in [0, 0.1) is 5.82 Å². The summed E-state index contributed by atoms with van der Waals surface area (Å²) in [6.45, 7) is 3.06. The normalized spacial score (nSPS) is 18.3. The Morgan fingerprint density at radius 3 is 3.19 bits per heavy atom. The summed E-state index contributed by atoms with van der Waals surface area (Å²) in [4.78, 5) is 14.1. The maximum Gasteiger partial charge on any atom is 0.240 e. The summed E-state index contributed by atoms with van der Waals surface area (Å²) in [5, 5.41) is 10.7. The monoisotopic (exact) mass is 306 g/mol. The molecule has 1 N–H and O–H groups in total. The van der Waals surface area contributed by atoms with E-state index in [1.54, 1.807) is 11.6 Å². The number of anilines is 1. The number of aromatic nitrogens is 2. The molecule has 110 valence electrons. The molecule has 1 aromatic heterocycles. The SMILES string of the molecule is C[C@@H]1c2ccc(F)cc2CCN1CC(=O)Nc1nncs1. The average molecular weight is 306 g/mol. The number of hydrogen-bond donors (Lipinski definition) is 1. The van der Waals surface area contributed by atoms with E-state index in [4.69, 9.17) is 0 Å². The van der Waals surface area contributed by atoms with Crippen LogP contribution in [-0.2, 0) is 11.2 Å². The molecule has 0 fully saturated rings. The van der Waals surface area contributed by atoms with Crippen LogP contribution in [0.4, 0.5) is 9.52 Å². The summed E-state index contributed by atoms with van der Waals surface area (Å²) in [6.07, 6.45) is 0.753. The van der Waals surface area contributed by atoms with E-state index in [0.29, 0.717) is 5.13 Å². The number of nitrogens with zero attached hydrogens (tertiary/aromatic N) is 3. The van der Waals surface area contributed by atoms with Crippen LogP contribution in [0.5, 0.6) is 0 Å². The predicted molar refractivity (Wildman–Crippen MR) is 78.6 cm³/mol. The molecule has 0 spiro atoms. The van der Waals surface area contributed by atoms with Gasteiger partial charge in [0, 0.05) is 12.6 Å². The highest BCUT2D eigenvalue weighted by Gasteiger charge is 2.25. The van der Waals surface area contributed by atoms with Crippen molar-refractivity contribution in [1.29, 1.82) is 0 Å². The number of hydrogen-bond acceptors (Lipinski definition) is 5. The van der Waals surface area contributed by atoms with Gasteiger partial charge in [-0.1, -0.05) is 17.4 Å². The Labute approximate surface area is 125 Å². The van der Waals surface area contributed by atoms with E-state index in [1.165, 1.54) is 17.4 Å². The van der Waals surface area contributed by atoms with E-state index in [1.807, 2.05) is 13.0 Å². The number of nitrogens with one attached hydrogen (secondary N) is 1. The van der Waals surface area contributed by atoms with Gasteiger partial charge in [0.1, 0.15) is 11.3 Å². The fourth-order valence-electron chi connectivity index (χ4n) is 2.64. The molecule has 1 atom stereocenters. The van der Waals surface area contributed by atoms with Crippen molar-refractivity contribution >= 4 is 22.4 Å². The van der Waals surface area contributed by atoms with Crippen LogP contribution in [0.1, 0.15) is 24.1 Å². The zero-order chi connectivity index (χ0) is 14.8. The average Bonchev–Trinajstić information content (AvgIpc) is 2.94. The van der Waals surface area contributed by atoms with E-state index in [-0.39, 0.29) is 24.3 Å². The van der Waals surface area contributed by atoms with Crippen molar-refractivity contribution in [2.24, 2.45) is 0 Å². The Morgan fingerprint density at radius 2 is 2.43 bits per heavy atom. The maximum atomic E-state index is 13.3. The van der Waals surface area contributed by atoms with Gasteiger partial charge >= 0.3 is 0 Å². The molecule has 0 saturated carbocycles. The molecule has 7 heteroatoms. The van der Waals surface area contributed by atoms with Gasteiger partial charge in [-0.05, 0) is 36.6 Å². The molecule has 5 nitrogen and oxygen atoms in total. The van der Waals surface area contributed by atoms with Crippen molar-refractivity contribution in [3.63, 3.8) is 0 Å². The highest BCUT2D eigenvalue weighted by molar-refractivity contribution is 7.13. The molecule has 1 aromatic carbocycles. The number of rotatable bonds is 3. The van der Waals surface area contributed by atoms with Crippen molar-refractivity contribution in [3.05, 3.63) is 40.7 Å². The Balaban J connectivity index is 1.67. The minimum atomic E-state index is -0.205. The molecule has 21 heavy (non-hydrogen) atoms. The van der Waals surface area contributed by atoms with E-state index in [2.05, 4.69) is 20.4 Å². The highest BCUT2D eigenvalue weighted by atomic mass is 32.1. The van der Waals surface area contributed by atoms with Gasteiger partial charge in [0.25, 0.3) is 0 Å². The third kappa shape index (κ3) is 3.08. The number of fused-ring (bicyclic) bond motifs is 1. The van der Waals surface area contributed by atoms with Crippen LogP contribution in [0.2, 0.25) is 0 Å². The third-order valence-electron chi connectivity index (χ3n) is 3.72. The molecule has 1 aliphatic heterocycles. The molecule has 0 unspecified atom stereocenters. The van der Waals surface area contributed by atoms with Crippen molar-refractivity contribution in [1.82, 2.24) is 15.1 Å². The van der Waals surface area contributed by atoms with Gasteiger partial charge in [0.2, 0.25) is 11.0 Å². The van der Waals surface area contributed by atoms with Gasteiger partial charge < -0.3 is 0 Å². The molecule has 3 rings (SSSR count). The summed E-state index contributed by atoms with van der Waals surface area (Å²) in [5.41, 5.74) is 3.69. The number of benzene rings is 1. The van der Waals surface area contributed by atoms with Crippen LogP contribution in [-0.4, -0.2) is 34.1 Å². The molecule has 1 aliphatic rings. The van der Waals surface area contributed by atoms with Crippen molar-refractivity contribution in [2.45, 2.75) is 19.4 Å². The molecule has 0 radical (unpaired) electrons. The lowest BCUT2D eigenvalue weighted by molar-refractivity contribution is -0.117. The van der Waals surface area contributed by atoms with Crippen molar-refractivity contribution in [3.8, 4) is 0 Å². The molecule has 0 saturated heterocycles. The number of amides is 1. The molecule has 2 aromatic rings. The minimum Gasteiger partial charge on any atom is -0.299 e. The van der Waals surface area contributed by atoms with Gasteiger partial charge in [-0.15, -0.1) is 10.2 Å². The zero-order valence-electron chi connectivity index (χ0n) is 11.5. The van der Waals surface area contributed by atoms with Gasteiger partial charge in [-0.3, -0.25) is 15.0 Å². The van der Waals surface area contributed by atoms with E-state index < -0.39 is 0 Å². The Bertz CT molecular complexity index is 646. The second kappa shape index (κ2) is 5.87. The molecule has 0 aliphatic carbocycles. The van der Waals surface area contributed by atoms with Gasteiger partial charge in [-0.2, -0.15) is 0 Å². The fraction of sp³-hybridized carbons (Fsp3) is 0.357. The lowest BCUT2D eigenvalue weighted by Crippen LogP contribution is -2.39. The minimum absolute atomic E-state index is 0.0921. The maximum absolute atomic E-state index is 13.3. The Kier molecular flexibility index (Phi) is 3.94. The van der Waals surface area contributed by atoms with Crippen LogP contribution in [0.15, 0.2) is 23.7 Å². The summed E-state index contributed by atoms with van der Waals surface area (Å²) in [7, 11) is 0.